The van der Waals surface area contributed by atoms with Gasteiger partial charge in [0.1, 0.15) is 11.7 Å². The van der Waals surface area contributed by atoms with E-state index in [2.05, 4.69) is 13.8 Å². The first-order valence-electron chi connectivity index (χ1n) is 7.12. The van der Waals surface area contributed by atoms with Crippen molar-refractivity contribution >= 4 is 11.6 Å². The predicted molar refractivity (Wildman–Crippen MR) is 75.8 cm³/mol. The Morgan fingerprint density at radius 2 is 1.95 bits per heavy atom. The molecule has 106 valence electrons. The normalized spacial score (nSPS) is 30.8. The van der Waals surface area contributed by atoms with Crippen LogP contribution < -0.4 is 0 Å². The van der Waals surface area contributed by atoms with Gasteiger partial charge in [-0.2, -0.15) is 0 Å². The Bertz CT molecular complexity index is 570. The number of ether oxygens (including phenoxy) is 1. The van der Waals surface area contributed by atoms with E-state index in [-0.39, 0.29) is 23.1 Å². The Morgan fingerprint density at radius 3 is 2.60 bits per heavy atom. The standard InChI is InChI=1S/C17H20O3/c1-11-4-6-12(7-5-11)13(18)9-17-10-16(2,3)8-14(19)15(17)20-17/h4-7,15H,8-10H2,1-3H3. The van der Waals surface area contributed by atoms with Crippen molar-refractivity contribution in [3.63, 3.8) is 0 Å². The molecule has 2 fully saturated rings. The number of carbonyl (C=O) groups is 2. The maximum Gasteiger partial charge on any atom is 0.165 e. The van der Waals surface area contributed by atoms with Crippen molar-refractivity contribution in [3.8, 4) is 0 Å². The fourth-order valence-electron chi connectivity index (χ4n) is 3.44. The van der Waals surface area contributed by atoms with E-state index in [4.69, 9.17) is 4.74 Å². The van der Waals surface area contributed by atoms with E-state index >= 15 is 0 Å². The Morgan fingerprint density at radius 1 is 1.30 bits per heavy atom. The van der Waals surface area contributed by atoms with Crippen molar-refractivity contribution in [3.05, 3.63) is 35.4 Å². The van der Waals surface area contributed by atoms with Gasteiger partial charge in [-0.15, -0.1) is 0 Å². The molecule has 0 spiro atoms. The van der Waals surface area contributed by atoms with Crippen LogP contribution in [0.5, 0.6) is 0 Å². The fourth-order valence-corrected chi connectivity index (χ4v) is 3.44. The zero-order valence-electron chi connectivity index (χ0n) is 12.2. The summed E-state index contributed by atoms with van der Waals surface area (Å²) in [7, 11) is 0. The zero-order valence-corrected chi connectivity index (χ0v) is 12.2. The van der Waals surface area contributed by atoms with Crippen molar-refractivity contribution in [2.45, 2.75) is 51.7 Å². The van der Waals surface area contributed by atoms with Gasteiger partial charge >= 0.3 is 0 Å². The van der Waals surface area contributed by atoms with E-state index < -0.39 is 5.60 Å². The van der Waals surface area contributed by atoms with Crippen molar-refractivity contribution in [2.24, 2.45) is 5.41 Å². The van der Waals surface area contributed by atoms with Crippen molar-refractivity contribution in [2.75, 3.05) is 0 Å². The van der Waals surface area contributed by atoms with E-state index in [0.29, 0.717) is 18.4 Å². The Kier molecular flexibility index (Phi) is 2.87. The number of rotatable bonds is 3. The molecule has 1 aromatic carbocycles. The van der Waals surface area contributed by atoms with Crippen LogP contribution in [-0.4, -0.2) is 23.3 Å². The Hall–Kier alpha value is -1.48. The van der Waals surface area contributed by atoms with Gasteiger partial charge in [0, 0.05) is 18.4 Å². The highest BCUT2D eigenvalue weighted by Crippen LogP contribution is 2.54. The summed E-state index contributed by atoms with van der Waals surface area (Å²) < 4.78 is 5.66. The molecule has 1 saturated carbocycles. The lowest BCUT2D eigenvalue weighted by Crippen LogP contribution is -2.37. The highest BCUT2D eigenvalue weighted by Gasteiger charge is 2.65. The Balaban J connectivity index is 1.76. The topological polar surface area (TPSA) is 46.7 Å². The van der Waals surface area contributed by atoms with E-state index in [0.717, 1.165) is 12.0 Å². The van der Waals surface area contributed by atoms with Gasteiger partial charge in [-0.05, 0) is 18.8 Å². The van der Waals surface area contributed by atoms with Crippen LogP contribution in [0.25, 0.3) is 0 Å². The predicted octanol–water partition coefficient (Wildman–Crippen LogP) is 3.09. The molecule has 2 atom stereocenters. The van der Waals surface area contributed by atoms with Gasteiger partial charge in [-0.25, -0.2) is 0 Å². The molecule has 0 aromatic heterocycles. The van der Waals surface area contributed by atoms with Crippen LogP contribution in [0, 0.1) is 12.3 Å². The molecule has 1 heterocycles. The minimum absolute atomic E-state index is 0.0676. The molecule has 0 bridgehead atoms. The molecule has 3 nitrogen and oxygen atoms in total. The lowest BCUT2D eigenvalue weighted by molar-refractivity contribution is -0.123. The van der Waals surface area contributed by atoms with Crippen molar-refractivity contribution in [1.82, 2.24) is 0 Å². The second-order valence-corrected chi connectivity index (χ2v) is 7.01. The minimum Gasteiger partial charge on any atom is -0.357 e. The number of epoxide rings is 1. The molecule has 1 aliphatic heterocycles. The van der Waals surface area contributed by atoms with Crippen molar-refractivity contribution in [1.29, 1.82) is 0 Å². The van der Waals surface area contributed by atoms with Gasteiger partial charge in [0.05, 0.1) is 0 Å². The SMILES string of the molecule is Cc1ccc(C(=O)CC23CC(C)(C)CC(=O)C2O3)cc1. The molecule has 1 aromatic rings. The van der Waals surface area contributed by atoms with E-state index in [1.165, 1.54) is 0 Å². The molecule has 2 aliphatic rings. The molecule has 1 aliphatic carbocycles. The number of aryl methyl sites for hydroxylation is 1. The number of fused-ring (bicyclic) bond motifs is 1. The Labute approximate surface area is 119 Å². The molecule has 1 saturated heterocycles. The summed E-state index contributed by atoms with van der Waals surface area (Å²) in [5, 5.41) is 0. The summed E-state index contributed by atoms with van der Waals surface area (Å²) in [4.78, 5) is 24.4. The molecule has 3 heteroatoms. The van der Waals surface area contributed by atoms with Crippen LogP contribution in [-0.2, 0) is 9.53 Å². The fraction of sp³-hybridized carbons (Fsp3) is 0.529. The van der Waals surface area contributed by atoms with Crippen LogP contribution in [0.4, 0.5) is 0 Å². The van der Waals surface area contributed by atoms with Crippen LogP contribution in [0.3, 0.4) is 0 Å². The quantitative estimate of drug-likeness (QED) is 0.627. The van der Waals surface area contributed by atoms with Crippen molar-refractivity contribution < 1.29 is 14.3 Å². The molecular weight excluding hydrogens is 252 g/mol. The van der Waals surface area contributed by atoms with Gasteiger partial charge in [-0.3, -0.25) is 9.59 Å². The van der Waals surface area contributed by atoms with Gasteiger partial charge in [-0.1, -0.05) is 43.7 Å². The summed E-state index contributed by atoms with van der Waals surface area (Å²) in [5.41, 5.74) is 1.24. The lowest BCUT2D eigenvalue weighted by atomic mass is 9.70. The molecule has 2 unspecified atom stereocenters. The second-order valence-electron chi connectivity index (χ2n) is 7.01. The highest BCUT2D eigenvalue weighted by atomic mass is 16.6. The van der Waals surface area contributed by atoms with E-state index in [9.17, 15) is 9.59 Å². The number of ketones is 2. The van der Waals surface area contributed by atoms with Crippen LogP contribution in [0.15, 0.2) is 24.3 Å². The molecule has 0 amide bonds. The molecule has 20 heavy (non-hydrogen) atoms. The third-order valence-electron chi connectivity index (χ3n) is 4.33. The minimum atomic E-state index is -0.527. The summed E-state index contributed by atoms with van der Waals surface area (Å²) >= 11 is 0. The first-order valence-corrected chi connectivity index (χ1v) is 7.12. The number of Topliss-reactive ketones (excluding diaryl/α,β-unsaturated/α-hetero) is 2. The lowest BCUT2D eigenvalue weighted by Gasteiger charge is -2.31. The smallest absolute Gasteiger partial charge is 0.165 e. The van der Waals surface area contributed by atoms with Gasteiger partial charge in [0.15, 0.2) is 11.6 Å². The van der Waals surface area contributed by atoms with Gasteiger partial charge < -0.3 is 4.74 Å². The third kappa shape index (κ3) is 2.31. The van der Waals surface area contributed by atoms with Gasteiger partial charge in [0.2, 0.25) is 0 Å². The largest absolute Gasteiger partial charge is 0.357 e. The van der Waals surface area contributed by atoms with Gasteiger partial charge in [0.25, 0.3) is 0 Å². The number of hydrogen-bond acceptors (Lipinski definition) is 3. The third-order valence-corrected chi connectivity index (χ3v) is 4.33. The monoisotopic (exact) mass is 272 g/mol. The number of benzene rings is 1. The van der Waals surface area contributed by atoms with E-state index in [1.807, 2.05) is 31.2 Å². The highest BCUT2D eigenvalue weighted by molar-refractivity contribution is 5.99. The molecule has 0 N–H and O–H groups in total. The maximum atomic E-state index is 12.4. The summed E-state index contributed by atoms with van der Waals surface area (Å²) in [5.74, 6) is 0.218. The number of hydrogen-bond donors (Lipinski definition) is 0. The maximum absolute atomic E-state index is 12.4. The molecule has 3 rings (SSSR count). The summed E-state index contributed by atoms with van der Waals surface area (Å²) in [6.45, 7) is 6.14. The van der Waals surface area contributed by atoms with Crippen LogP contribution in [0.2, 0.25) is 0 Å². The average Bonchev–Trinajstić information content (AvgIpc) is 3.02. The van der Waals surface area contributed by atoms with Crippen LogP contribution >= 0.6 is 0 Å². The van der Waals surface area contributed by atoms with E-state index in [1.54, 1.807) is 0 Å². The number of carbonyl (C=O) groups excluding carboxylic acids is 2. The summed E-state index contributed by atoms with van der Waals surface area (Å²) in [6, 6.07) is 7.57. The molecular formula is C17H20O3. The zero-order chi connectivity index (χ0) is 14.5. The average molecular weight is 272 g/mol. The molecule has 0 radical (unpaired) electrons. The van der Waals surface area contributed by atoms with Crippen LogP contribution in [0.1, 0.15) is 49.0 Å². The first-order chi connectivity index (χ1) is 9.31. The summed E-state index contributed by atoms with van der Waals surface area (Å²) in [6.07, 6.45) is 1.31. The second kappa shape index (κ2) is 4.26. The first kappa shape index (κ1) is 13.5.